The Morgan fingerprint density at radius 2 is 1.86 bits per heavy atom. The van der Waals surface area contributed by atoms with Gasteiger partial charge < -0.3 is 10.3 Å². The normalized spacial score (nSPS) is 18.4. The Hall–Kier alpha value is -3.50. The smallest absolute Gasteiger partial charge is 0.277 e. The minimum atomic E-state index is -0.188. The zero-order chi connectivity index (χ0) is 24.9. The number of likely N-dealkylation sites (tertiary alicyclic amines) is 1. The van der Waals surface area contributed by atoms with E-state index in [1.165, 1.54) is 19.3 Å². The number of hydrogen-bond donors (Lipinski definition) is 2. The Morgan fingerprint density at radius 1 is 1.11 bits per heavy atom. The topological polar surface area (TPSA) is 112 Å². The van der Waals surface area contributed by atoms with Gasteiger partial charge in [-0.05, 0) is 70.3 Å². The van der Waals surface area contributed by atoms with Gasteiger partial charge in [0.05, 0.1) is 22.7 Å². The lowest BCUT2D eigenvalue weighted by Crippen LogP contribution is -2.44. The molecule has 0 saturated carbocycles. The van der Waals surface area contributed by atoms with E-state index in [0.717, 1.165) is 25.8 Å². The highest BCUT2D eigenvalue weighted by Gasteiger charge is 2.23. The minimum Gasteiger partial charge on any atom is -0.384 e. The molecule has 0 bridgehead atoms. The maximum Gasteiger partial charge on any atom is 0.277 e. The molecule has 0 amide bonds. The van der Waals surface area contributed by atoms with Crippen molar-refractivity contribution in [3.63, 3.8) is 0 Å². The predicted molar refractivity (Wildman–Crippen MR) is 141 cm³/mol. The molecular formula is C28H34N6O. The summed E-state index contributed by atoms with van der Waals surface area (Å²) in [7, 11) is 0. The van der Waals surface area contributed by atoms with Gasteiger partial charge in [-0.1, -0.05) is 31.0 Å². The predicted octanol–water partition coefficient (Wildman–Crippen LogP) is 4.65. The van der Waals surface area contributed by atoms with Gasteiger partial charge in [-0.15, -0.1) is 0 Å². The lowest BCUT2D eigenvalue weighted by Gasteiger charge is -2.39. The second-order valence-corrected chi connectivity index (χ2v) is 9.65. The van der Waals surface area contributed by atoms with Gasteiger partial charge in [-0.2, -0.15) is 5.26 Å². The number of fused-ring (bicyclic) bond motifs is 1. The maximum absolute atomic E-state index is 13.6. The first-order valence-corrected chi connectivity index (χ1v) is 12.5. The third kappa shape index (κ3) is 5.44. The van der Waals surface area contributed by atoms with Crippen molar-refractivity contribution in [3.05, 3.63) is 63.9 Å². The first kappa shape index (κ1) is 24.6. The highest BCUT2D eigenvalue weighted by molar-refractivity contribution is 5.96. The van der Waals surface area contributed by atoms with Crippen LogP contribution < -0.4 is 11.3 Å². The van der Waals surface area contributed by atoms with Crippen molar-refractivity contribution in [1.29, 1.82) is 10.7 Å². The molecule has 3 N–H and O–H groups in total. The molecule has 7 nitrogen and oxygen atoms in total. The Balaban J connectivity index is 1.58. The monoisotopic (exact) mass is 470 g/mol. The van der Waals surface area contributed by atoms with E-state index >= 15 is 0 Å². The molecular weight excluding hydrogens is 436 g/mol. The third-order valence-electron chi connectivity index (χ3n) is 7.20. The fourth-order valence-electron chi connectivity index (χ4n) is 5.21. The van der Waals surface area contributed by atoms with Gasteiger partial charge >= 0.3 is 0 Å². The molecule has 2 aromatic carbocycles. The molecule has 0 radical (unpaired) electrons. The summed E-state index contributed by atoms with van der Waals surface area (Å²) >= 11 is 0. The number of rotatable bonds is 8. The zero-order valence-corrected chi connectivity index (χ0v) is 20.6. The van der Waals surface area contributed by atoms with Crippen molar-refractivity contribution in [2.24, 2.45) is 5.73 Å². The van der Waals surface area contributed by atoms with E-state index in [9.17, 15) is 10.1 Å². The van der Waals surface area contributed by atoms with Gasteiger partial charge in [0.25, 0.3) is 5.56 Å². The standard InChI is InChI=1S/C28H34N6O/c1-19-8-6-9-20(2)33(19)14-4-3-5-15-34-25-16-21(18-29)12-13-24(25)32-26(28(34)35)22-10-7-11-23(17-22)27(30)31/h7,10-13,16-17,19-20H,3-6,8-9,14-15H2,1-2H3,(H3,30,31)/t19-,20+. The lowest BCUT2D eigenvalue weighted by atomic mass is 9.97. The molecule has 0 aliphatic carbocycles. The molecule has 0 spiro atoms. The number of nitrogens with zero attached hydrogens (tertiary/aromatic N) is 4. The average Bonchev–Trinajstić information content (AvgIpc) is 2.86. The Morgan fingerprint density at radius 3 is 2.57 bits per heavy atom. The highest BCUT2D eigenvalue weighted by atomic mass is 16.1. The molecule has 1 aliphatic heterocycles. The molecule has 2 heterocycles. The summed E-state index contributed by atoms with van der Waals surface area (Å²) in [5, 5.41) is 17.1. The van der Waals surface area contributed by atoms with Crippen LogP contribution in [0, 0.1) is 16.7 Å². The van der Waals surface area contributed by atoms with E-state index in [1.54, 1.807) is 41.0 Å². The first-order chi connectivity index (χ1) is 16.9. The molecule has 1 saturated heterocycles. The number of unbranched alkanes of at least 4 members (excludes halogenated alkanes) is 2. The van der Waals surface area contributed by atoms with Gasteiger partial charge in [0.15, 0.2) is 0 Å². The van der Waals surface area contributed by atoms with Crippen molar-refractivity contribution < 1.29 is 0 Å². The number of nitrogens with two attached hydrogens (primary N) is 1. The maximum atomic E-state index is 13.6. The highest BCUT2D eigenvalue weighted by Crippen LogP contribution is 2.23. The second kappa shape index (κ2) is 10.8. The van der Waals surface area contributed by atoms with Crippen molar-refractivity contribution in [3.8, 4) is 17.3 Å². The number of aryl methyl sites for hydroxylation is 1. The van der Waals surface area contributed by atoms with Gasteiger partial charge in [-0.3, -0.25) is 15.1 Å². The van der Waals surface area contributed by atoms with E-state index in [2.05, 4.69) is 29.8 Å². The van der Waals surface area contributed by atoms with Crippen LogP contribution in [0.25, 0.3) is 22.3 Å². The number of nitrogens with one attached hydrogen (secondary N) is 1. The van der Waals surface area contributed by atoms with Crippen molar-refractivity contribution in [2.45, 2.75) is 71.0 Å². The summed E-state index contributed by atoms with van der Waals surface area (Å²) in [4.78, 5) is 20.9. The summed E-state index contributed by atoms with van der Waals surface area (Å²) < 4.78 is 1.76. The number of piperidine rings is 1. The Kier molecular flexibility index (Phi) is 7.62. The van der Waals surface area contributed by atoms with Crippen LogP contribution in [-0.4, -0.2) is 38.9 Å². The Labute approximate surface area is 206 Å². The Bertz CT molecular complexity index is 1310. The molecule has 7 heteroatoms. The van der Waals surface area contributed by atoms with Crippen molar-refractivity contribution >= 4 is 16.9 Å². The molecule has 0 unspecified atom stereocenters. The first-order valence-electron chi connectivity index (χ1n) is 12.5. The van der Waals surface area contributed by atoms with Crippen LogP contribution in [0.4, 0.5) is 0 Å². The van der Waals surface area contributed by atoms with Gasteiger partial charge in [0.1, 0.15) is 11.5 Å². The van der Waals surface area contributed by atoms with Crippen LogP contribution in [0.5, 0.6) is 0 Å². The summed E-state index contributed by atoms with van der Waals surface area (Å²) in [5.41, 5.74) is 8.85. The summed E-state index contributed by atoms with van der Waals surface area (Å²) in [6.07, 6.45) is 6.87. The van der Waals surface area contributed by atoms with Crippen LogP contribution in [-0.2, 0) is 6.54 Å². The van der Waals surface area contributed by atoms with Gasteiger partial charge in [0.2, 0.25) is 0 Å². The van der Waals surface area contributed by atoms with E-state index in [4.69, 9.17) is 11.1 Å². The van der Waals surface area contributed by atoms with E-state index in [0.29, 0.717) is 52.0 Å². The molecule has 1 fully saturated rings. The van der Waals surface area contributed by atoms with Gasteiger partial charge in [-0.25, -0.2) is 4.98 Å². The van der Waals surface area contributed by atoms with Crippen molar-refractivity contribution in [2.75, 3.05) is 6.54 Å². The fraction of sp³-hybridized carbons (Fsp3) is 0.429. The van der Waals surface area contributed by atoms with Crippen LogP contribution in [0.1, 0.15) is 63.5 Å². The van der Waals surface area contributed by atoms with Crippen molar-refractivity contribution in [1.82, 2.24) is 14.5 Å². The number of benzene rings is 2. The quantitative estimate of drug-likeness (QED) is 0.283. The van der Waals surface area contributed by atoms with E-state index in [1.807, 2.05) is 6.07 Å². The van der Waals surface area contributed by atoms with Crippen LogP contribution >= 0.6 is 0 Å². The van der Waals surface area contributed by atoms with Crippen LogP contribution in [0.2, 0.25) is 0 Å². The number of nitrogen functional groups attached to an aromatic ring is 1. The van der Waals surface area contributed by atoms with E-state index < -0.39 is 0 Å². The molecule has 182 valence electrons. The SMILES string of the molecule is C[C@@H]1CCC[C@H](C)N1CCCCCn1c(=O)c(-c2cccc(C(=N)N)c2)nc2ccc(C#N)cc21. The average molecular weight is 471 g/mol. The molecule has 2 atom stereocenters. The molecule has 35 heavy (non-hydrogen) atoms. The lowest BCUT2D eigenvalue weighted by molar-refractivity contribution is 0.101. The molecule has 1 aliphatic rings. The summed E-state index contributed by atoms with van der Waals surface area (Å²) in [6, 6.07) is 15.8. The summed E-state index contributed by atoms with van der Waals surface area (Å²) in [6.45, 7) is 6.31. The second-order valence-electron chi connectivity index (χ2n) is 9.65. The largest absolute Gasteiger partial charge is 0.384 e. The number of aromatic nitrogens is 2. The van der Waals surface area contributed by atoms with Crippen LogP contribution in [0.15, 0.2) is 47.3 Å². The molecule has 3 aromatic rings. The molecule has 4 rings (SSSR count). The number of hydrogen-bond acceptors (Lipinski definition) is 5. The van der Waals surface area contributed by atoms with Crippen LogP contribution in [0.3, 0.4) is 0 Å². The van der Waals surface area contributed by atoms with E-state index in [-0.39, 0.29) is 11.4 Å². The fourth-order valence-corrected chi connectivity index (χ4v) is 5.21. The summed E-state index contributed by atoms with van der Waals surface area (Å²) in [5.74, 6) is -0.0519. The minimum absolute atomic E-state index is 0.0519. The number of amidine groups is 1. The zero-order valence-electron chi connectivity index (χ0n) is 20.6. The van der Waals surface area contributed by atoms with Gasteiger partial charge in [0, 0.05) is 29.8 Å². The third-order valence-corrected chi connectivity index (χ3v) is 7.20. The molecule has 1 aromatic heterocycles. The number of nitriles is 1.